The molecule has 6 heteroatoms. The molecule has 9 rings (SSSR count). The molecule has 1 aliphatic heterocycles. The van der Waals surface area contributed by atoms with Crippen molar-refractivity contribution >= 4 is 33.2 Å². The van der Waals surface area contributed by atoms with E-state index < -0.39 is 0 Å². The van der Waals surface area contributed by atoms with Crippen molar-refractivity contribution in [3.05, 3.63) is 210 Å². The fourth-order valence-corrected chi connectivity index (χ4v) is 9.42. The summed E-state index contributed by atoms with van der Waals surface area (Å²) in [5.74, 6) is 2.07. The molecule has 352 valence electrons. The number of rotatable bonds is 9. The fourth-order valence-electron chi connectivity index (χ4n) is 9.42. The van der Waals surface area contributed by atoms with Crippen LogP contribution in [0, 0.1) is 18.8 Å². The van der Waals surface area contributed by atoms with Crippen LogP contribution in [0.1, 0.15) is 123 Å². The fraction of sp³-hybridized carbons (Fsp3) is 0.290. The van der Waals surface area contributed by atoms with Crippen molar-refractivity contribution in [3.8, 4) is 17.3 Å². The molecular weight excluding hydrogens is 1010 g/mol. The summed E-state index contributed by atoms with van der Waals surface area (Å²) in [4.78, 5) is 9.59. The van der Waals surface area contributed by atoms with Crippen LogP contribution in [0.3, 0.4) is 0 Å². The van der Waals surface area contributed by atoms with Crippen LogP contribution in [0.4, 0.5) is 11.4 Å². The monoisotopic (exact) mass is 1080 g/mol. The summed E-state index contributed by atoms with van der Waals surface area (Å²) in [5.41, 5.74) is 11.8. The van der Waals surface area contributed by atoms with Crippen LogP contribution in [0.2, 0.25) is 0 Å². The van der Waals surface area contributed by atoms with Crippen LogP contribution in [-0.2, 0) is 48.1 Å². The standard InChI is InChI=1S/C62H65N4O.Pt/c1-58(2,3)45-33-46(59(4,5)6)35-48(34-45)65-41-64(40-55(65)62(12,13)43-25-18-15-19-26-43)47-27-22-28-49(37-47)67-50-38-52(60(7,8)9)57-51-29-20-21-30-53(51)66(54(57)39-50)56-36-44(31-32-63-56)61(10,11)42-23-16-14-17-24-42;/h14-36,38,40-41H,1-13H3;/q-3;. The van der Waals surface area contributed by atoms with E-state index in [0.29, 0.717) is 11.5 Å². The van der Waals surface area contributed by atoms with Gasteiger partial charge in [0.25, 0.3) is 0 Å². The van der Waals surface area contributed by atoms with Crippen LogP contribution in [0.25, 0.3) is 27.6 Å². The van der Waals surface area contributed by atoms with Gasteiger partial charge in [-0.3, -0.25) is 0 Å². The Morgan fingerprint density at radius 3 is 1.75 bits per heavy atom. The smallest absolute Gasteiger partial charge is 0.135 e. The second kappa shape index (κ2) is 17.9. The first kappa shape index (κ1) is 48.6. The molecule has 68 heavy (non-hydrogen) atoms. The molecule has 0 spiro atoms. The molecule has 2 aromatic heterocycles. The summed E-state index contributed by atoms with van der Waals surface area (Å²) in [6, 6.07) is 57.3. The van der Waals surface area contributed by atoms with E-state index in [1.54, 1.807) is 0 Å². The van der Waals surface area contributed by atoms with Gasteiger partial charge >= 0.3 is 0 Å². The number of pyridine rings is 1. The van der Waals surface area contributed by atoms with Crippen molar-refractivity contribution in [3.63, 3.8) is 0 Å². The molecule has 0 saturated carbocycles. The Bertz CT molecular complexity index is 3110. The SMILES string of the molecule is CC(C)(C)c1cc(N2[CH-]N(c3[c-]c(Oc4[c-]c5c(c(C(C)(C)C)c4)c4ccccc4n5-c4cc(C(C)(C)c5ccccc5)ccn4)ccc3)C=C2C(C)(C)c2ccccc2)cc(C(C)(C)C)c1.[Pt]. The molecule has 0 fully saturated rings. The van der Waals surface area contributed by atoms with Gasteiger partial charge in [0, 0.05) is 66.5 Å². The van der Waals surface area contributed by atoms with Crippen LogP contribution >= 0.6 is 0 Å². The minimum atomic E-state index is -0.335. The van der Waals surface area contributed by atoms with Crippen molar-refractivity contribution in [1.82, 2.24) is 9.55 Å². The Balaban J connectivity index is 0.00000625. The first-order chi connectivity index (χ1) is 31.6. The van der Waals surface area contributed by atoms with E-state index in [2.05, 4.69) is 263 Å². The molecule has 0 atom stereocenters. The molecule has 0 unspecified atom stereocenters. The average molecular weight is 1080 g/mol. The summed E-state index contributed by atoms with van der Waals surface area (Å²) < 4.78 is 9.16. The first-order valence-electron chi connectivity index (χ1n) is 23.7. The molecule has 5 nitrogen and oxygen atoms in total. The summed E-state index contributed by atoms with van der Waals surface area (Å²) in [7, 11) is 0. The van der Waals surface area contributed by atoms with Gasteiger partial charge in [-0.2, -0.15) is 6.07 Å². The van der Waals surface area contributed by atoms with Crippen molar-refractivity contribution in [1.29, 1.82) is 0 Å². The van der Waals surface area contributed by atoms with Gasteiger partial charge in [0.15, 0.2) is 0 Å². The summed E-state index contributed by atoms with van der Waals surface area (Å²) in [6.45, 7) is 32.0. The second-order valence-corrected chi connectivity index (χ2v) is 22.4. The Morgan fingerprint density at radius 2 is 1.13 bits per heavy atom. The molecule has 0 N–H and O–H groups in total. The topological polar surface area (TPSA) is 33.5 Å². The maximum Gasteiger partial charge on any atom is 0.135 e. The minimum absolute atomic E-state index is 0. The third-order valence-corrected chi connectivity index (χ3v) is 13.7. The normalized spacial score (nSPS) is 13.8. The van der Waals surface area contributed by atoms with Crippen LogP contribution in [0.15, 0.2) is 158 Å². The number of nitrogens with zero attached hydrogens (tertiary/aromatic N) is 4. The number of aromatic nitrogens is 2. The number of hydrogen-bond donors (Lipinski definition) is 0. The molecule has 8 aromatic rings. The molecule has 0 bridgehead atoms. The quantitative estimate of drug-likeness (QED) is 0.135. The van der Waals surface area contributed by atoms with Crippen molar-refractivity contribution in [2.24, 2.45) is 0 Å². The first-order valence-corrected chi connectivity index (χ1v) is 23.7. The number of hydrogen-bond acceptors (Lipinski definition) is 4. The van der Waals surface area contributed by atoms with E-state index in [-0.39, 0.29) is 48.1 Å². The molecule has 6 aromatic carbocycles. The molecule has 3 heterocycles. The van der Waals surface area contributed by atoms with Gasteiger partial charge in [-0.1, -0.05) is 186 Å². The van der Waals surface area contributed by atoms with Crippen molar-refractivity contribution in [2.45, 2.75) is 117 Å². The predicted molar refractivity (Wildman–Crippen MR) is 281 cm³/mol. The molecule has 1 aliphatic rings. The third-order valence-electron chi connectivity index (χ3n) is 13.7. The Hall–Kier alpha value is -5.90. The van der Waals surface area contributed by atoms with Crippen LogP contribution < -0.4 is 14.5 Å². The van der Waals surface area contributed by atoms with Gasteiger partial charge in [-0.25, -0.2) is 4.98 Å². The van der Waals surface area contributed by atoms with Crippen LogP contribution in [-0.4, -0.2) is 9.55 Å². The predicted octanol–water partition coefficient (Wildman–Crippen LogP) is 16.1. The molecule has 0 amide bonds. The maximum atomic E-state index is 6.91. The number of fused-ring (bicyclic) bond motifs is 3. The largest absolute Gasteiger partial charge is 0.509 e. The second-order valence-electron chi connectivity index (χ2n) is 22.4. The minimum Gasteiger partial charge on any atom is -0.509 e. The number of anilines is 2. The zero-order chi connectivity index (χ0) is 47.7. The molecule has 0 aliphatic carbocycles. The number of benzene rings is 6. The summed E-state index contributed by atoms with van der Waals surface area (Å²) in [5, 5.41) is 2.31. The molecule has 0 radical (unpaired) electrons. The van der Waals surface area contributed by atoms with Gasteiger partial charge in [0.1, 0.15) is 5.82 Å². The summed E-state index contributed by atoms with van der Waals surface area (Å²) >= 11 is 0. The van der Waals surface area contributed by atoms with Gasteiger partial charge in [0.05, 0.1) is 0 Å². The number of para-hydroxylation sites is 1. The Kier molecular flexibility index (Phi) is 12.8. The van der Waals surface area contributed by atoms with E-state index >= 15 is 0 Å². The molecule has 0 saturated heterocycles. The zero-order valence-corrected chi connectivity index (χ0v) is 44.3. The zero-order valence-electron chi connectivity index (χ0n) is 42.0. The third kappa shape index (κ3) is 9.19. The van der Waals surface area contributed by atoms with Gasteiger partial charge in [-0.15, -0.1) is 48.3 Å². The summed E-state index contributed by atoms with van der Waals surface area (Å²) in [6.07, 6.45) is 4.20. The number of ether oxygens (including phenoxy) is 1. The Labute approximate surface area is 420 Å². The number of allylic oxidation sites excluding steroid dienone is 1. The van der Waals surface area contributed by atoms with E-state index in [1.807, 2.05) is 12.3 Å². The Morgan fingerprint density at radius 1 is 0.529 bits per heavy atom. The van der Waals surface area contributed by atoms with Crippen molar-refractivity contribution in [2.75, 3.05) is 9.80 Å². The van der Waals surface area contributed by atoms with Gasteiger partial charge < -0.3 is 19.1 Å². The van der Waals surface area contributed by atoms with E-state index in [9.17, 15) is 0 Å². The van der Waals surface area contributed by atoms with Crippen LogP contribution in [0.5, 0.6) is 11.5 Å². The van der Waals surface area contributed by atoms with Crippen molar-refractivity contribution < 1.29 is 25.8 Å². The van der Waals surface area contributed by atoms with E-state index in [4.69, 9.17) is 9.72 Å². The molecular formula is C62H65N4OPt-3. The van der Waals surface area contributed by atoms with Gasteiger partial charge in [-0.05, 0) is 86.0 Å². The maximum absolute atomic E-state index is 6.91. The average Bonchev–Trinajstić information content (AvgIpc) is 3.90. The van der Waals surface area contributed by atoms with E-state index in [0.717, 1.165) is 44.7 Å². The van der Waals surface area contributed by atoms with Gasteiger partial charge in [0.2, 0.25) is 0 Å². The van der Waals surface area contributed by atoms with E-state index in [1.165, 1.54) is 33.4 Å².